The van der Waals surface area contributed by atoms with Crippen LogP contribution in [0.4, 0.5) is 0 Å². The van der Waals surface area contributed by atoms with Crippen molar-refractivity contribution in [3.63, 3.8) is 0 Å². The molecule has 1 unspecified atom stereocenters. The highest BCUT2D eigenvalue weighted by Crippen LogP contribution is 2.22. The van der Waals surface area contributed by atoms with Gasteiger partial charge in [-0.25, -0.2) is 4.98 Å². The minimum Gasteiger partial charge on any atom is -0.468 e. The summed E-state index contributed by atoms with van der Waals surface area (Å²) in [5, 5.41) is 0. The molecule has 1 rings (SSSR count). The highest BCUT2D eigenvalue weighted by Gasteiger charge is 2.32. The van der Waals surface area contributed by atoms with E-state index in [0.717, 1.165) is 0 Å². The van der Waals surface area contributed by atoms with E-state index in [0.29, 0.717) is 14.5 Å². The number of carbonyl (C=O) groups excluding carboxylic acids is 2. The van der Waals surface area contributed by atoms with Gasteiger partial charge in [-0.1, -0.05) is 0 Å². The van der Waals surface area contributed by atoms with Gasteiger partial charge in [0.15, 0.2) is 15.6 Å². The Balaban J connectivity index is 3.07. The van der Waals surface area contributed by atoms with Crippen LogP contribution in [0, 0.1) is 5.92 Å². The minimum atomic E-state index is -0.989. The third kappa shape index (κ3) is 3.19. The Labute approximate surface area is 111 Å². The second kappa shape index (κ2) is 6.02. The number of Topliss-reactive ketones (excluding diaryl/α,β-unsaturated/α-hetero) is 1. The maximum atomic E-state index is 12.1. The number of aromatic nitrogens is 1. The summed E-state index contributed by atoms with van der Waals surface area (Å²) in [6.45, 7) is 1.62. The van der Waals surface area contributed by atoms with Crippen molar-refractivity contribution >= 4 is 44.7 Å². The summed E-state index contributed by atoms with van der Waals surface area (Å²) in [6.07, 6.45) is 1.43. The first kappa shape index (κ1) is 14.0. The van der Waals surface area contributed by atoms with E-state index in [2.05, 4.69) is 30.6 Å². The van der Waals surface area contributed by atoms with E-state index in [9.17, 15) is 9.59 Å². The molecule has 0 saturated carbocycles. The summed E-state index contributed by atoms with van der Waals surface area (Å²) in [4.78, 5) is 31.9. The Morgan fingerprint density at radius 2 is 2.24 bits per heavy atom. The predicted octanol–water partition coefficient (Wildman–Crippen LogP) is 1.97. The Morgan fingerprint density at radius 3 is 2.65 bits per heavy atom. The standard InChI is InChI=1S/C10H11BrN2O3S/c1-5(12-2)7(9(15)16-3)8(14)6-4-13-10(11)17-6/h4,7H,1-3H3. The second-order valence-electron chi connectivity index (χ2n) is 3.16. The maximum absolute atomic E-state index is 12.1. The molecule has 7 heteroatoms. The van der Waals surface area contributed by atoms with Crippen LogP contribution in [0.25, 0.3) is 0 Å². The molecular weight excluding hydrogens is 308 g/mol. The summed E-state index contributed by atoms with van der Waals surface area (Å²) in [5.74, 6) is -1.94. The average molecular weight is 319 g/mol. The van der Waals surface area contributed by atoms with Gasteiger partial charge in [0.05, 0.1) is 18.2 Å². The summed E-state index contributed by atoms with van der Waals surface area (Å²) in [6, 6.07) is 0. The van der Waals surface area contributed by atoms with Crippen LogP contribution in [0.3, 0.4) is 0 Å². The third-order valence-corrected chi connectivity index (χ3v) is 3.68. The summed E-state index contributed by atoms with van der Waals surface area (Å²) in [7, 11) is 2.77. The molecule has 0 aliphatic rings. The van der Waals surface area contributed by atoms with Crippen molar-refractivity contribution in [2.75, 3.05) is 14.2 Å². The molecule has 0 amide bonds. The van der Waals surface area contributed by atoms with E-state index < -0.39 is 11.9 Å². The molecule has 1 atom stereocenters. The van der Waals surface area contributed by atoms with Crippen LogP contribution in [0.1, 0.15) is 16.6 Å². The fourth-order valence-corrected chi connectivity index (χ4v) is 2.46. The summed E-state index contributed by atoms with van der Waals surface area (Å²) < 4.78 is 5.21. The molecule has 0 radical (unpaired) electrons. The number of nitrogens with zero attached hydrogens (tertiary/aromatic N) is 2. The Bertz CT molecular complexity index is 470. The lowest BCUT2D eigenvalue weighted by atomic mass is 9.98. The normalized spacial score (nSPS) is 13.3. The van der Waals surface area contributed by atoms with Gasteiger partial charge < -0.3 is 4.74 Å². The molecule has 0 bridgehead atoms. The van der Waals surface area contributed by atoms with E-state index in [4.69, 9.17) is 0 Å². The summed E-state index contributed by atoms with van der Waals surface area (Å²) >= 11 is 4.34. The minimum absolute atomic E-state index is 0.344. The lowest BCUT2D eigenvalue weighted by Gasteiger charge is -2.11. The Hall–Kier alpha value is -1.08. The zero-order chi connectivity index (χ0) is 13.0. The topological polar surface area (TPSA) is 68.6 Å². The van der Waals surface area contributed by atoms with Crippen LogP contribution in [0.15, 0.2) is 15.1 Å². The zero-order valence-corrected chi connectivity index (χ0v) is 12.0. The van der Waals surface area contributed by atoms with Gasteiger partial charge in [0, 0.05) is 12.8 Å². The van der Waals surface area contributed by atoms with Crippen molar-refractivity contribution in [2.45, 2.75) is 6.92 Å². The van der Waals surface area contributed by atoms with Crippen LogP contribution in [-0.4, -0.2) is 36.6 Å². The number of aliphatic imine (C=N–C) groups is 1. The molecule has 0 saturated heterocycles. The van der Waals surface area contributed by atoms with Gasteiger partial charge in [-0.05, 0) is 22.9 Å². The first-order chi connectivity index (χ1) is 8.01. The quantitative estimate of drug-likeness (QED) is 0.368. The fourth-order valence-electron chi connectivity index (χ4n) is 1.22. The van der Waals surface area contributed by atoms with Crippen molar-refractivity contribution in [1.29, 1.82) is 0 Å². The lowest BCUT2D eigenvalue weighted by Crippen LogP contribution is -2.31. The highest BCUT2D eigenvalue weighted by molar-refractivity contribution is 9.11. The average Bonchev–Trinajstić information content (AvgIpc) is 2.75. The number of carbonyl (C=O) groups is 2. The Morgan fingerprint density at radius 1 is 1.59 bits per heavy atom. The van der Waals surface area contributed by atoms with Crippen molar-refractivity contribution in [3.8, 4) is 0 Å². The summed E-state index contributed by atoms with van der Waals surface area (Å²) in [5.41, 5.74) is 0.423. The van der Waals surface area contributed by atoms with E-state index >= 15 is 0 Å². The van der Waals surface area contributed by atoms with Gasteiger partial charge in [-0.15, -0.1) is 11.3 Å². The van der Waals surface area contributed by atoms with Gasteiger partial charge in [0.2, 0.25) is 0 Å². The monoisotopic (exact) mass is 318 g/mol. The van der Waals surface area contributed by atoms with Gasteiger partial charge in [-0.3, -0.25) is 14.6 Å². The van der Waals surface area contributed by atoms with Crippen LogP contribution < -0.4 is 0 Å². The van der Waals surface area contributed by atoms with Crippen molar-refractivity contribution < 1.29 is 14.3 Å². The second-order valence-corrected chi connectivity index (χ2v) is 5.47. The molecule has 0 aliphatic heterocycles. The van der Waals surface area contributed by atoms with E-state index in [1.165, 1.54) is 31.7 Å². The van der Waals surface area contributed by atoms with Gasteiger partial charge >= 0.3 is 5.97 Å². The first-order valence-corrected chi connectivity index (χ1v) is 6.28. The highest BCUT2D eigenvalue weighted by atomic mass is 79.9. The Kier molecular flexibility index (Phi) is 4.95. The molecule has 0 aromatic carbocycles. The van der Waals surface area contributed by atoms with Crippen LogP contribution in [-0.2, 0) is 9.53 Å². The third-order valence-electron chi connectivity index (χ3n) is 2.19. The van der Waals surface area contributed by atoms with Gasteiger partial charge in [-0.2, -0.15) is 0 Å². The van der Waals surface area contributed by atoms with Crippen molar-refractivity contribution in [3.05, 3.63) is 15.0 Å². The van der Waals surface area contributed by atoms with Gasteiger partial charge in [0.1, 0.15) is 0 Å². The van der Waals surface area contributed by atoms with Crippen molar-refractivity contribution in [2.24, 2.45) is 10.9 Å². The van der Waals surface area contributed by atoms with E-state index in [-0.39, 0.29) is 5.78 Å². The van der Waals surface area contributed by atoms with Gasteiger partial charge in [0.25, 0.3) is 0 Å². The lowest BCUT2D eigenvalue weighted by molar-refractivity contribution is -0.141. The SMILES string of the molecule is CN=C(C)C(C(=O)OC)C(=O)c1cnc(Br)s1. The molecule has 1 aromatic rings. The molecule has 1 heterocycles. The molecule has 92 valence electrons. The maximum Gasteiger partial charge on any atom is 0.322 e. The fraction of sp³-hybridized carbons (Fsp3) is 0.400. The molecule has 0 aliphatic carbocycles. The molecule has 0 N–H and O–H groups in total. The number of ketones is 1. The molecule has 17 heavy (non-hydrogen) atoms. The number of halogens is 1. The molecule has 0 fully saturated rings. The number of hydrogen-bond acceptors (Lipinski definition) is 6. The number of methoxy groups -OCH3 is 1. The van der Waals surface area contributed by atoms with Crippen LogP contribution in [0.2, 0.25) is 0 Å². The molecule has 1 aromatic heterocycles. The number of thiazole rings is 1. The molecule has 0 spiro atoms. The zero-order valence-electron chi connectivity index (χ0n) is 9.56. The smallest absolute Gasteiger partial charge is 0.322 e. The molecular formula is C10H11BrN2O3S. The number of rotatable bonds is 4. The van der Waals surface area contributed by atoms with Crippen molar-refractivity contribution in [1.82, 2.24) is 4.98 Å². The number of esters is 1. The van der Waals surface area contributed by atoms with E-state index in [1.807, 2.05) is 0 Å². The first-order valence-electron chi connectivity index (χ1n) is 4.68. The largest absolute Gasteiger partial charge is 0.468 e. The van der Waals surface area contributed by atoms with Crippen LogP contribution in [0.5, 0.6) is 0 Å². The number of ether oxygens (including phenoxy) is 1. The number of hydrogen-bond donors (Lipinski definition) is 0. The predicted molar refractivity (Wildman–Crippen MR) is 68.7 cm³/mol. The molecule has 5 nitrogen and oxygen atoms in total. The van der Waals surface area contributed by atoms with Crippen LogP contribution >= 0.6 is 27.3 Å². The van der Waals surface area contributed by atoms with E-state index in [1.54, 1.807) is 6.92 Å².